The number of nitrogens with one attached hydrogen (secondary N) is 3. The maximum Gasteiger partial charge on any atom is 0.408 e. The van der Waals surface area contributed by atoms with Gasteiger partial charge in [-0.2, -0.15) is 18.3 Å². The minimum Gasteiger partial charge on any atom is -0.363 e. The molecule has 33 heavy (non-hydrogen) atoms. The van der Waals surface area contributed by atoms with Crippen molar-refractivity contribution in [2.45, 2.75) is 50.0 Å². The van der Waals surface area contributed by atoms with Crippen molar-refractivity contribution in [1.29, 1.82) is 0 Å². The molecule has 3 atom stereocenters. The molecule has 1 saturated carbocycles. The Morgan fingerprint density at radius 1 is 1.18 bits per heavy atom. The van der Waals surface area contributed by atoms with Crippen LogP contribution in [-0.2, 0) is 20.8 Å². The molecule has 1 aliphatic carbocycles. The number of amides is 2. The van der Waals surface area contributed by atoms with Crippen molar-refractivity contribution in [3.05, 3.63) is 47.8 Å². The lowest BCUT2D eigenvalue weighted by atomic mass is 10.0. The molecule has 1 heterocycles. The molecule has 2 amide bonds. The highest BCUT2D eigenvalue weighted by molar-refractivity contribution is 6.37. The Morgan fingerprint density at radius 2 is 1.88 bits per heavy atom. The van der Waals surface area contributed by atoms with Crippen molar-refractivity contribution >= 4 is 17.6 Å². The molecule has 0 saturated heterocycles. The number of ketones is 1. The van der Waals surface area contributed by atoms with Gasteiger partial charge >= 0.3 is 6.18 Å². The average Bonchev–Trinajstić information content (AvgIpc) is 3.41. The van der Waals surface area contributed by atoms with E-state index in [0.29, 0.717) is 0 Å². The molecule has 2 aromatic rings. The van der Waals surface area contributed by atoms with Gasteiger partial charge in [-0.05, 0) is 18.4 Å². The van der Waals surface area contributed by atoms with Crippen LogP contribution in [0.1, 0.15) is 36.7 Å². The second-order valence-electron chi connectivity index (χ2n) is 7.80. The van der Waals surface area contributed by atoms with E-state index < -0.39 is 59.7 Å². The summed E-state index contributed by atoms with van der Waals surface area (Å²) in [7, 11) is 0. The van der Waals surface area contributed by atoms with Crippen LogP contribution in [0.2, 0.25) is 0 Å². The van der Waals surface area contributed by atoms with Gasteiger partial charge in [0.15, 0.2) is 5.82 Å². The molecule has 178 valence electrons. The smallest absolute Gasteiger partial charge is 0.363 e. The summed E-state index contributed by atoms with van der Waals surface area (Å²) in [5, 5.41) is 10.6. The molecule has 1 aromatic heterocycles. The number of nitrogens with two attached hydrogens (primary N) is 1. The number of carbonyl (C=O) groups is 3. The van der Waals surface area contributed by atoms with Crippen LogP contribution in [0.3, 0.4) is 0 Å². The van der Waals surface area contributed by atoms with Crippen LogP contribution in [0.15, 0.2) is 30.6 Å². The first-order chi connectivity index (χ1) is 15.6. The summed E-state index contributed by atoms with van der Waals surface area (Å²) in [4.78, 5) is 40.3. The van der Waals surface area contributed by atoms with Gasteiger partial charge in [0.05, 0.1) is 12.1 Å². The first kappa shape index (κ1) is 24.3. The second kappa shape index (κ2) is 10.1. The maximum absolute atomic E-state index is 14.2. The first-order valence-electron chi connectivity index (χ1n) is 10.1. The number of aromatic nitrogens is 3. The first-order valence-corrected chi connectivity index (χ1v) is 10.1. The minimum absolute atomic E-state index is 0.0112. The molecule has 1 aliphatic rings. The zero-order valence-electron chi connectivity index (χ0n) is 17.2. The molecule has 0 unspecified atom stereocenters. The number of Topliss-reactive ketones (excluding diaryl/α,β-unsaturated/α-hetero) is 1. The molecule has 0 bridgehead atoms. The number of hydrogen-bond donors (Lipinski definition) is 4. The fourth-order valence-electron chi connectivity index (χ4n) is 3.38. The van der Waals surface area contributed by atoms with E-state index in [9.17, 15) is 31.9 Å². The van der Waals surface area contributed by atoms with Gasteiger partial charge in [0.2, 0.25) is 11.7 Å². The van der Waals surface area contributed by atoms with Crippen molar-refractivity contribution in [3.8, 4) is 0 Å². The number of benzene rings is 1. The third-order valence-corrected chi connectivity index (χ3v) is 5.22. The van der Waals surface area contributed by atoms with Crippen molar-refractivity contribution < 1.29 is 31.9 Å². The predicted molar refractivity (Wildman–Crippen MR) is 106 cm³/mol. The number of rotatable bonds is 11. The van der Waals surface area contributed by atoms with E-state index in [1.54, 1.807) is 0 Å². The van der Waals surface area contributed by atoms with Gasteiger partial charge in [-0.25, -0.2) is 9.37 Å². The van der Waals surface area contributed by atoms with Crippen molar-refractivity contribution in [1.82, 2.24) is 25.8 Å². The topological polar surface area (TPSA) is 143 Å². The Bertz CT molecular complexity index is 994. The van der Waals surface area contributed by atoms with Gasteiger partial charge in [0, 0.05) is 12.0 Å². The number of primary amides is 1. The fourth-order valence-corrected chi connectivity index (χ4v) is 3.38. The highest BCUT2D eigenvalue weighted by Gasteiger charge is 2.44. The highest BCUT2D eigenvalue weighted by atomic mass is 19.4. The molecule has 1 fully saturated rings. The number of nitrogens with zero attached hydrogens (tertiary/aromatic N) is 2. The summed E-state index contributed by atoms with van der Waals surface area (Å²) >= 11 is 0. The maximum atomic E-state index is 14.2. The van der Waals surface area contributed by atoms with E-state index in [1.165, 1.54) is 18.5 Å². The largest absolute Gasteiger partial charge is 0.408 e. The van der Waals surface area contributed by atoms with E-state index >= 15 is 0 Å². The number of hydrogen-bond acceptors (Lipinski definition) is 6. The van der Waals surface area contributed by atoms with E-state index in [0.717, 1.165) is 25.0 Å². The standard InChI is InChI=1S/C20H22F4N6O3/c21-12-4-2-1-3-11(12)17(20(22,23)24)28-14(8-15-26-9-27-30-15)19(33)29-13(7-10-5-6-10)16(31)18(25)32/h1-4,9-10,13-14,17,28H,5-8H2,(H2,25,32)(H,29,33)(H,26,27,30)/t13-,14-,17-/m0/s1. The Morgan fingerprint density at radius 3 is 2.42 bits per heavy atom. The molecule has 0 spiro atoms. The predicted octanol–water partition coefficient (Wildman–Crippen LogP) is 1.09. The Labute approximate surface area is 185 Å². The minimum atomic E-state index is -4.96. The summed E-state index contributed by atoms with van der Waals surface area (Å²) in [6.07, 6.45) is -2.47. The van der Waals surface area contributed by atoms with E-state index in [1.807, 2.05) is 0 Å². The Balaban J connectivity index is 1.87. The Hall–Kier alpha value is -3.35. The van der Waals surface area contributed by atoms with Gasteiger partial charge < -0.3 is 11.1 Å². The van der Waals surface area contributed by atoms with Crippen molar-refractivity contribution in [2.24, 2.45) is 11.7 Å². The monoisotopic (exact) mass is 470 g/mol. The summed E-state index contributed by atoms with van der Waals surface area (Å²) in [5.41, 5.74) is 4.35. The molecule has 5 N–H and O–H groups in total. The van der Waals surface area contributed by atoms with Crippen molar-refractivity contribution in [3.63, 3.8) is 0 Å². The number of halogens is 4. The fraction of sp³-hybridized carbons (Fsp3) is 0.450. The molecule has 1 aromatic carbocycles. The van der Waals surface area contributed by atoms with Crippen LogP contribution in [-0.4, -0.2) is 51.0 Å². The van der Waals surface area contributed by atoms with Gasteiger partial charge in [0.25, 0.3) is 5.91 Å². The van der Waals surface area contributed by atoms with Crippen LogP contribution >= 0.6 is 0 Å². The molecule has 3 rings (SSSR count). The zero-order chi connectivity index (χ0) is 24.2. The highest BCUT2D eigenvalue weighted by Crippen LogP contribution is 2.35. The molecule has 9 nitrogen and oxygen atoms in total. The molecular weight excluding hydrogens is 448 g/mol. The van der Waals surface area contributed by atoms with Crippen LogP contribution in [0.4, 0.5) is 17.6 Å². The summed E-state index contributed by atoms with van der Waals surface area (Å²) < 4.78 is 55.7. The van der Waals surface area contributed by atoms with Crippen LogP contribution in [0.25, 0.3) is 0 Å². The zero-order valence-corrected chi connectivity index (χ0v) is 17.2. The van der Waals surface area contributed by atoms with E-state index in [2.05, 4.69) is 25.8 Å². The summed E-state index contributed by atoms with van der Waals surface area (Å²) in [5.74, 6) is -4.32. The van der Waals surface area contributed by atoms with Gasteiger partial charge in [-0.1, -0.05) is 31.0 Å². The van der Waals surface area contributed by atoms with Crippen molar-refractivity contribution in [2.75, 3.05) is 0 Å². The third kappa shape index (κ3) is 6.57. The number of alkyl halides is 3. The average molecular weight is 470 g/mol. The van der Waals surface area contributed by atoms with Crippen LogP contribution < -0.4 is 16.4 Å². The number of aromatic amines is 1. The number of H-pyrrole nitrogens is 1. The Kier molecular flexibility index (Phi) is 7.41. The molecular formula is C20H22F4N6O3. The van der Waals surface area contributed by atoms with Gasteiger partial charge in [-0.3, -0.25) is 24.8 Å². The lowest BCUT2D eigenvalue weighted by Crippen LogP contribution is -2.55. The lowest BCUT2D eigenvalue weighted by Gasteiger charge is -2.28. The van der Waals surface area contributed by atoms with E-state index in [4.69, 9.17) is 5.73 Å². The lowest BCUT2D eigenvalue weighted by molar-refractivity contribution is -0.161. The summed E-state index contributed by atoms with van der Waals surface area (Å²) in [6, 6.07) is -1.14. The van der Waals surface area contributed by atoms with Crippen LogP contribution in [0.5, 0.6) is 0 Å². The normalized spacial score (nSPS) is 16.6. The molecule has 13 heteroatoms. The second-order valence-corrected chi connectivity index (χ2v) is 7.80. The van der Waals surface area contributed by atoms with Gasteiger partial charge in [0.1, 0.15) is 18.2 Å². The number of carbonyl (C=O) groups excluding carboxylic acids is 3. The SMILES string of the molecule is NC(=O)C(=O)[C@H](CC1CC1)NC(=O)[C@H](Cc1nc[nH]n1)N[C@@H](c1ccccc1F)C(F)(F)F. The summed E-state index contributed by atoms with van der Waals surface area (Å²) in [6.45, 7) is 0. The molecule has 0 aliphatic heterocycles. The quantitative estimate of drug-likeness (QED) is 0.286. The third-order valence-electron chi connectivity index (χ3n) is 5.22. The van der Waals surface area contributed by atoms with Crippen LogP contribution in [0, 0.1) is 11.7 Å². The molecule has 0 radical (unpaired) electrons. The van der Waals surface area contributed by atoms with Gasteiger partial charge in [-0.15, -0.1) is 0 Å². The van der Waals surface area contributed by atoms with E-state index in [-0.39, 0.29) is 18.2 Å².